The van der Waals surface area contributed by atoms with Gasteiger partial charge < -0.3 is 9.64 Å². The fraction of sp³-hybridized carbons (Fsp3) is 0.650. The summed E-state index contributed by atoms with van der Waals surface area (Å²) in [6.45, 7) is 4.59. The first kappa shape index (κ1) is 20.1. The summed E-state index contributed by atoms with van der Waals surface area (Å²) in [6.07, 6.45) is 6.33. The van der Waals surface area contributed by atoms with Crippen molar-refractivity contribution >= 4 is 27.4 Å². The third-order valence-corrected chi connectivity index (χ3v) is 8.43. The molecule has 2 aliphatic heterocycles. The van der Waals surface area contributed by atoms with Crippen LogP contribution >= 0.6 is 12.2 Å². The third kappa shape index (κ3) is 4.35. The van der Waals surface area contributed by atoms with E-state index < -0.39 is 10.0 Å². The summed E-state index contributed by atoms with van der Waals surface area (Å²) < 4.78 is 33.0. The normalized spacial score (nSPS) is 23.1. The van der Waals surface area contributed by atoms with E-state index in [0.29, 0.717) is 55.4 Å². The SMILES string of the molecule is O=S(=O)(c1ccc(C2CCCCC2)cc1)N1CCN(CN2CCOC2=S)CC1. The van der Waals surface area contributed by atoms with Gasteiger partial charge in [0.05, 0.1) is 18.1 Å². The number of hydrogen-bond donors (Lipinski definition) is 0. The molecule has 8 heteroatoms. The maximum Gasteiger partial charge on any atom is 0.260 e. The van der Waals surface area contributed by atoms with E-state index in [1.54, 1.807) is 16.4 Å². The van der Waals surface area contributed by atoms with Gasteiger partial charge in [0.15, 0.2) is 0 Å². The fourth-order valence-corrected chi connectivity index (χ4v) is 6.06. The van der Waals surface area contributed by atoms with Gasteiger partial charge in [-0.05, 0) is 48.7 Å². The van der Waals surface area contributed by atoms with Crippen molar-refractivity contribution in [1.82, 2.24) is 14.1 Å². The van der Waals surface area contributed by atoms with Gasteiger partial charge in [-0.15, -0.1) is 0 Å². The van der Waals surface area contributed by atoms with Crippen LogP contribution in [0.4, 0.5) is 0 Å². The van der Waals surface area contributed by atoms with Crippen molar-refractivity contribution in [3.05, 3.63) is 29.8 Å². The number of nitrogens with zero attached hydrogens (tertiary/aromatic N) is 3. The summed E-state index contributed by atoms with van der Waals surface area (Å²) in [7, 11) is -3.43. The molecule has 1 aliphatic carbocycles. The van der Waals surface area contributed by atoms with E-state index in [1.165, 1.54) is 37.7 Å². The molecule has 1 saturated carbocycles. The molecule has 0 amide bonds. The molecule has 0 radical (unpaired) electrons. The second-order valence-corrected chi connectivity index (χ2v) is 10.2. The Morgan fingerprint density at radius 3 is 2.25 bits per heavy atom. The maximum absolute atomic E-state index is 13.0. The van der Waals surface area contributed by atoms with Gasteiger partial charge in [-0.3, -0.25) is 4.90 Å². The van der Waals surface area contributed by atoms with Crippen molar-refractivity contribution < 1.29 is 13.2 Å². The second kappa shape index (κ2) is 8.65. The molecule has 154 valence electrons. The first-order valence-corrected chi connectivity index (χ1v) is 12.1. The minimum absolute atomic E-state index is 0.412. The highest BCUT2D eigenvalue weighted by Crippen LogP contribution is 2.33. The van der Waals surface area contributed by atoms with Gasteiger partial charge in [0, 0.05) is 26.2 Å². The quantitative estimate of drug-likeness (QED) is 0.679. The first-order chi connectivity index (χ1) is 13.5. The van der Waals surface area contributed by atoms with Crippen LogP contribution in [0.3, 0.4) is 0 Å². The molecule has 1 aromatic rings. The maximum atomic E-state index is 13.0. The van der Waals surface area contributed by atoms with Crippen LogP contribution in [0.25, 0.3) is 0 Å². The average Bonchev–Trinajstić information content (AvgIpc) is 3.14. The highest BCUT2D eigenvalue weighted by molar-refractivity contribution is 7.89. The molecular formula is C20H29N3O3S2. The molecule has 0 atom stereocenters. The number of thiocarbonyl (C=S) groups is 1. The smallest absolute Gasteiger partial charge is 0.260 e. The van der Waals surface area contributed by atoms with Gasteiger partial charge in [0.25, 0.3) is 5.17 Å². The molecule has 3 aliphatic rings. The van der Waals surface area contributed by atoms with Gasteiger partial charge in [-0.2, -0.15) is 4.31 Å². The Morgan fingerprint density at radius 1 is 0.964 bits per heavy atom. The summed E-state index contributed by atoms with van der Waals surface area (Å²) in [6, 6.07) is 7.64. The van der Waals surface area contributed by atoms with Crippen LogP contribution in [-0.2, 0) is 14.8 Å². The van der Waals surface area contributed by atoms with E-state index >= 15 is 0 Å². The lowest BCUT2D eigenvalue weighted by Crippen LogP contribution is -2.51. The van der Waals surface area contributed by atoms with Crippen molar-refractivity contribution in [3.8, 4) is 0 Å². The zero-order valence-electron chi connectivity index (χ0n) is 16.3. The highest BCUT2D eigenvalue weighted by Gasteiger charge is 2.30. The predicted octanol–water partition coefficient (Wildman–Crippen LogP) is 2.62. The second-order valence-electron chi connectivity index (χ2n) is 7.95. The van der Waals surface area contributed by atoms with E-state index in [9.17, 15) is 8.42 Å². The van der Waals surface area contributed by atoms with Crippen LogP contribution in [0, 0.1) is 0 Å². The molecule has 4 rings (SSSR count). The van der Waals surface area contributed by atoms with Crippen LogP contribution in [-0.4, -0.2) is 73.7 Å². The zero-order valence-corrected chi connectivity index (χ0v) is 17.9. The molecule has 0 bridgehead atoms. The fourth-order valence-electron chi connectivity index (χ4n) is 4.40. The molecule has 2 saturated heterocycles. The van der Waals surface area contributed by atoms with E-state index in [-0.39, 0.29) is 0 Å². The lowest BCUT2D eigenvalue weighted by Gasteiger charge is -2.35. The molecule has 2 heterocycles. The standard InChI is InChI=1S/C20H29N3O3S2/c24-28(25,19-8-6-18(7-9-19)17-4-2-1-3-5-17)23-12-10-21(11-13-23)16-22-14-15-26-20(22)27/h6-9,17H,1-5,10-16H2. The van der Waals surface area contributed by atoms with Crippen LogP contribution < -0.4 is 0 Å². The summed E-state index contributed by atoms with van der Waals surface area (Å²) >= 11 is 5.18. The predicted molar refractivity (Wildman–Crippen MR) is 113 cm³/mol. The number of benzene rings is 1. The van der Waals surface area contributed by atoms with Gasteiger partial charge in [0.1, 0.15) is 6.61 Å². The van der Waals surface area contributed by atoms with Crippen LogP contribution in [0.2, 0.25) is 0 Å². The topological polar surface area (TPSA) is 53.1 Å². The molecule has 6 nitrogen and oxygen atoms in total. The highest BCUT2D eigenvalue weighted by atomic mass is 32.2. The number of rotatable bonds is 5. The van der Waals surface area contributed by atoms with Crippen molar-refractivity contribution in [1.29, 1.82) is 0 Å². The molecule has 0 N–H and O–H groups in total. The number of ether oxygens (including phenoxy) is 1. The van der Waals surface area contributed by atoms with Crippen molar-refractivity contribution in [2.75, 3.05) is 46.0 Å². The summed E-state index contributed by atoms with van der Waals surface area (Å²) in [4.78, 5) is 4.68. The molecule has 0 spiro atoms. The van der Waals surface area contributed by atoms with E-state index in [1.807, 2.05) is 17.0 Å². The Balaban J connectivity index is 1.35. The number of hydrogen-bond acceptors (Lipinski definition) is 5. The monoisotopic (exact) mass is 423 g/mol. The lowest BCUT2D eigenvalue weighted by molar-refractivity contribution is 0.142. The third-order valence-electron chi connectivity index (χ3n) is 6.14. The lowest BCUT2D eigenvalue weighted by atomic mass is 9.84. The Labute approximate surface area is 173 Å². The van der Waals surface area contributed by atoms with Crippen LogP contribution in [0.15, 0.2) is 29.2 Å². The molecule has 0 unspecified atom stereocenters. The molecule has 0 aromatic heterocycles. The van der Waals surface area contributed by atoms with Crippen molar-refractivity contribution in [2.45, 2.75) is 42.9 Å². The Bertz CT molecular complexity index is 783. The van der Waals surface area contributed by atoms with Crippen LogP contribution in [0.5, 0.6) is 0 Å². The Hall–Kier alpha value is -1.22. The molecular weight excluding hydrogens is 394 g/mol. The molecule has 28 heavy (non-hydrogen) atoms. The van der Waals surface area contributed by atoms with Gasteiger partial charge in [-0.25, -0.2) is 8.42 Å². The first-order valence-electron chi connectivity index (χ1n) is 10.3. The van der Waals surface area contributed by atoms with Gasteiger partial charge in [-0.1, -0.05) is 31.4 Å². The van der Waals surface area contributed by atoms with Crippen molar-refractivity contribution in [3.63, 3.8) is 0 Å². The van der Waals surface area contributed by atoms with E-state index in [2.05, 4.69) is 4.90 Å². The van der Waals surface area contributed by atoms with Gasteiger partial charge >= 0.3 is 0 Å². The summed E-state index contributed by atoms with van der Waals surface area (Å²) in [5, 5.41) is 0.549. The van der Waals surface area contributed by atoms with E-state index in [0.717, 1.165) is 6.54 Å². The van der Waals surface area contributed by atoms with Crippen molar-refractivity contribution in [2.24, 2.45) is 0 Å². The largest absolute Gasteiger partial charge is 0.469 e. The summed E-state index contributed by atoms with van der Waals surface area (Å²) in [5.41, 5.74) is 1.28. The average molecular weight is 424 g/mol. The van der Waals surface area contributed by atoms with E-state index in [4.69, 9.17) is 17.0 Å². The minimum atomic E-state index is -3.43. The summed E-state index contributed by atoms with van der Waals surface area (Å²) in [5.74, 6) is 0.592. The van der Waals surface area contributed by atoms with Crippen LogP contribution in [0.1, 0.15) is 43.6 Å². The Kier molecular flexibility index (Phi) is 6.20. The Morgan fingerprint density at radius 2 is 1.64 bits per heavy atom. The van der Waals surface area contributed by atoms with Gasteiger partial charge in [0.2, 0.25) is 10.0 Å². The zero-order chi connectivity index (χ0) is 19.6. The number of sulfonamides is 1. The molecule has 1 aromatic carbocycles. The number of piperazine rings is 1. The minimum Gasteiger partial charge on any atom is -0.469 e. The molecule has 3 fully saturated rings.